The number of nitrogens with zero attached hydrogens (tertiary/aromatic N) is 2. The number of hydrogen-bond donors (Lipinski definition) is 1. The monoisotopic (exact) mass is 286 g/mol. The molecule has 100 valence electrons. The van der Waals surface area contributed by atoms with Crippen LogP contribution in [0.3, 0.4) is 0 Å². The normalized spacial score (nSPS) is 9.85. The number of phenols is 1. The summed E-state index contributed by atoms with van der Waals surface area (Å²) in [6.07, 6.45) is 0. The van der Waals surface area contributed by atoms with Crippen molar-refractivity contribution in [1.82, 2.24) is 0 Å². The molecule has 5 heteroatoms. The minimum atomic E-state index is -0.311. The summed E-state index contributed by atoms with van der Waals surface area (Å²) < 4.78 is 0. The van der Waals surface area contributed by atoms with Crippen molar-refractivity contribution < 1.29 is 9.90 Å². The molecule has 0 aliphatic heterocycles. The second-order valence-electron chi connectivity index (χ2n) is 4.16. The van der Waals surface area contributed by atoms with E-state index in [4.69, 9.17) is 16.9 Å². The molecule has 0 unspecified atom stereocenters. The van der Waals surface area contributed by atoms with Gasteiger partial charge in [-0.05, 0) is 30.3 Å². The van der Waals surface area contributed by atoms with E-state index in [0.717, 1.165) is 0 Å². The minimum absolute atomic E-state index is 0.0803. The summed E-state index contributed by atoms with van der Waals surface area (Å²) in [4.78, 5) is 13.7. The van der Waals surface area contributed by atoms with Crippen LogP contribution in [-0.4, -0.2) is 18.1 Å². The van der Waals surface area contributed by atoms with Gasteiger partial charge in [-0.3, -0.25) is 4.79 Å². The Balaban J connectivity index is 2.38. The average Bonchev–Trinajstić information content (AvgIpc) is 2.48. The number of rotatable bonds is 2. The summed E-state index contributed by atoms with van der Waals surface area (Å²) in [7, 11) is 1.58. The SMILES string of the molecule is CN(C(=O)c1ccc(O)c(Cl)c1)c1ccccc1C#N. The molecule has 0 saturated carbocycles. The fraction of sp³-hybridized carbons (Fsp3) is 0.0667. The van der Waals surface area contributed by atoms with Gasteiger partial charge in [-0.2, -0.15) is 5.26 Å². The van der Waals surface area contributed by atoms with E-state index in [0.29, 0.717) is 16.8 Å². The standard InChI is InChI=1S/C15H11ClN2O2/c1-18(13-5-3-2-4-11(13)9-17)15(20)10-6-7-14(19)12(16)8-10/h2-8,19H,1H3. The van der Waals surface area contributed by atoms with Gasteiger partial charge in [-0.15, -0.1) is 0 Å². The summed E-state index contributed by atoms with van der Waals surface area (Å²) in [5.74, 6) is -0.391. The molecule has 0 radical (unpaired) electrons. The fourth-order valence-corrected chi connectivity index (χ4v) is 1.98. The van der Waals surface area contributed by atoms with E-state index in [1.807, 2.05) is 6.07 Å². The van der Waals surface area contributed by atoms with Crippen molar-refractivity contribution in [2.24, 2.45) is 0 Å². The molecule has 0 atom stereocenters. The predicted molar refractivity (Wildman–Crippen MR) is 77.0 cm³/mol. The number of carbonyl (C=O) groups excluding carboxylic acids is 1. The lowest BCUT2D eigenvalue weighted by atomic mass is 10.1. The number of carbonyl (C=O) groups is 1. The lowest BCUT2D eigenvalue weighted by Gasteiger charge is -2.18. The lowest BCUT2D eigenvalue weighted by molar-refractivity contribution is 0.0993. The summed E-state index contributed by atoms with van der Waals surface area (Å²) in [5, 5.41) is 18.5. The van der Waals surface area contributed by atoms with Crippen LogP contribution >= 0.6 is 11.6 Å². The first-order valence-electron chi connectivity index (χ1n) is 5.80. The number of phenolic OH excluding ortho intramolecular Hbond substituents is 1. The van der Waals surface area contributed by atoms with Gasteiger partial charge < -0.3 is 10.0 Å². The van der Waals surface area contributed by atoms with Crippen LogP contribution in [0.2, 0.25) is 5.02 Å². The summed E-state index contributed by atoms with van der Waals surface area (Å²) in [5.41, 5.74) is 1.26. The third-order valence-electron chi connectivity index (χ3n) is 2.89. The Bertz CT molecular complexity index is 707. The Morgan fingerprint density at radius 3 is 2.65 bits per heavy atom. The maximum atomic E-state index is 12.4. The number of para-hydroxylation sites is 1. The molecular weight excluding hydrogens is 276 g/mol. The number of anilines is 1. The van der Waals surface area contributed by atoms with Crippen LogP contribution in [0.15, 0.2) is 42.5 Å². The molecule has 2 rings (SSSR count). The third-order valence-corrected chi connectivity index (χ3v) is 3.19. The highest BCUT2D eigenvalue weighted by Crippen LogP contribution is 2.26. The lowest BCUT2D eigenvalue weighted by Crippen LogP contribution is -2.26. The molecule has 0 aliphatic carbocycles. The van der Waals surface area contributed by atoms with Crippen LogP contribution in [0.25, 0.3) is 0 Å². The first-order valence-corrected chi connectivity index (χ1v) is 6.18. The van der Waals surface area contributed by atoms with Crippen molar-refractivity contribution in [2.45, 2.75) is 0 Å². The molecule has 0 saturated heterocycles. The van der Waals surface area contributed by atoms with Gasteiger partial charge in [0, 0.05) is 12.6 Å². The molecule has 0 fully saturated rings. The Hall–Kier alpha value is -2.51. The third kappa shape index (κ3) is 2.58. The molecule has 0 bridgehead atoms. The second-order valence-corrected chi connectivity index (χ2v) is 4.57. The van der Waals surface area contributed by atoms with E-state index in [9.17, 15) is 9.90 Å². The minimum Gasteiger partial charge on any atom is -0.506 e. The van der Waals surface area contributed by atoms with E-state index in [2.05, 4.69) is 0 Å². The zero-order chi connectivity index (χ0) is 14.7. The highest BCUT2D eigenvalue weighted by molar-refractivity contribution is 6.32. The van der Waals surface area contributed by atoms with Gasteiger partial charge in [0.1, 0.15) is 11.8 Å². The van der Waals surface area contributed by atoms with Crippen LogP contribution in [0.4, 0.5) is 5.69 Å². The van der Waals surface area contributed by atoms with Gasteiger partial charge in [0.15, 0.2) is 0 Å². The number of halogens is 1. The molecule has 2 aromatic rings. The zero-order valence-electron chi connectivity index (χ0n) is 10.7. The number of nitriles is 1. The quantitative estimate of drug-likeness (QED) is 0.922. The molecule has 0 aliphatic rings. The maximum absolute atomic E-state index is 12.4. The van der Waals surface area contributed by atoms with Gasteiger partial charge in [0.05, 0.1) is 16.3 Å². The Kier molecular flexibility index (Phi) is 3.92. The molecule has 0 spiro atoms. The molecule has 1 amide bonds. The number of benzene rings is 2. The number of amides is 1. The average molecular weight is 287 g/mol. The molecule has 20 heavy (non-hydrogen) atoms. The maximum Gasteiger partial charge on any atom is 0.258 e. The van der Waals surface area contributed by atoms with Gasteiger partial charge in [0.25, 0.3) is 5.91 Å². The van der Waals surface area contributed by atoms with Crippen molar-refractivity contribution in [3.63, 3.8) is 0 Å². The zero-order valence-corrected chi connectivity index (χ0v) is 11.4. The van der Waals surface area contributed by atoms with Crippen molar-refractivity contribution in [3.05, 3.63) is 58.6 Å². The van der Waals surface area contributed by atoms with Crippen molar-refractivity contribution in [3.8, 4) is 11.8 Å². The van der Waals surface area contributed by atoms with E-state index in [-0.39, 0.29) is 16.7 Å². The van der Waals surface area contributed by atoms with Crippen LogP contribution in [-0.2, 0) is 0 Å². The number of hydrogen-bond acceptors (Lipinski definition) is 3. The summed E-state index contributed by atoms with van der Waals surface area (Å²) in [6, 6.07) is 13.1. The second kappa shape index (κ2) is 5.64. The van der Waals surface area contributed by atoms with Crippen LogP contribution in [0.5, 0.6) is 5.75 Å². The van der Waals surface area contributed by atoms with Crippen LogP contribution < -0.4 is 4.90 Å². The smallest absolute Gasteiger partial charge is 0.258 e. The molecule has 0 heterocycles. The Labute approximate surface area is 121 Å². The highest BCUT2D eigenvalue weighted by Gasteiger charge is 2.17. The first kappa shape index (κ1) is 13.9. The summed E-state index contributed by atoms with van der Waals surface area (Å²) >= 11 is 5.79. The van der Waals surface area contributed by atoms with Gasteiger partial charge in [0.2, 0.25) is 0 Å². The van der Waals surface area contributed by atoms with E-state index in [1.54, 1.807) is 31.3 Å². The number of aromatic hydroxyl groups is 1. The Morgan fingerprint density at radius 2 is 2.00 bits per heavy atom. The van der Waals surface area contributed by atoms with Gasteiger partial charge in [-0.1, -0.05) is 23.7 Å². The highest BCUT2D eigenvalue weighted by atomic mass is 35.5. The van der Waals surface area contributed by atoms with Crippen LogP contribution in [0.1, 0.15) is 15.9 Å². The van der Waals surface area contributed by atoms with Crippen molar-refractivity contribution in [1.29, 1.82) is 5.26 Å². The van der Waals surface area contributed by atoms with Crippen molar-refractivity contribution in [2.75, 3.05) is 11.9 Å². The van der Waals surface area contributed by atoms with Crippen LogP contribution in [0, 0.1) is 11.3 Å². The van der Waals surface area contributed by atoms with E-state index >= 15 is 0 Å². The molecular formula is C15H11ClN2O2. The summed E-state index contributed by atoms with van der Waals surface area (Å²) in [6.45, 7) is 0. The Morgan fingerprint density at radius 1 is 1.30 bits per heavy atom. The fourth-order valence-electron chi connectivity index (χ4n) is 1.80. The molecule has 2 aromatic carbocycles. The molecule has 1 N–H and O–H groups in total. The van der Waals surface area contributed by atoms with Gasteiger partial charge >= 0.3 is 0 Å². The molecule has 0 aromatic heterocycles. The van der Waals surface area contributed by atoms with E-state index < -0.39 is 0 Å². The first-order chi connectivity index (χ1) is 9.54. The van der Waals surface area contributed by atoms with E-state index in [1.165, 1.54) is 23.1 Å². The van der Waals surface area contributed by atoms with Crippen molar-refractivity contribution >= 4 is 23.2 Å². The van der Waals surface area contributed by atoms with Gasteiger partial charge in [-0.25, -0.2) is 0 Å². The topological polar surface area (TPSA) is 64.3 Å². The largest absolute Gasteiger partial charge is 0.506 e. The predicted octanol–water partition coefficient (Wildman–Crippen LogP) is 3.19. The molecule has 4 nitrogen and oxygen atoms in total.